The smallest absolute Gasteiger partial charge is 0.0540 e. The summed E-state index contributed by atoms with van der Waals surface area (Å²) in [6.45, 7) is 12.8. The van der Waals surface area contributed by atoms with Crippen molar-refractivity contribution in [2.24, 2.45) is 0 Å². The van der Waals surface area contributed by atoms with Gasteiger partial charge in [-0.15, -0.1) is 0 Å². The van der Waals surface area contributed by atoms with E-state index in [4.69, 9.17) is 0 Å². The predicted molar refractivity (Wildman–Crippen MR) is 124 cm³/mol. The Labute approximate surface area is 194 Å². The van der Waals surface area contributed by atoms with E-state index in [9.17, 15) is 5.11 Å². The molecule has 29 heavy (non-hydrogen) atoms. The van der Waals surface area contributed by atoms with Gasteiger partial charge in [0.25, 0.3) is 0 Å². The standard InChI is InChI=1S/C25H35O.C2H6.W/c1-5-7-8-9-20-10-15-22(16-11-20)25(3,4)23-17-12-21(13-18-23)14-19-24(26)6-2;1-2;/h7,10-13,15-18,24,26H,5-6,8-9,14,19H2,1-4H3;1-2H3;/q-1;;. The number of aryl methyl sites for hydroxylation is 2. The molecule has 1 unspecified atom stereocenters. The van der Waals surface area contributed by atoms with Gasteiger partial charge in [0.15, 0.2) is 0 Å². The number of aliphatic hydroxyl groups excluding tert-OH is 1. The van der Waals surface area contributed by atoms with E-state index in [0.29, 0.717) is 0 Å². The molecule has 0 amide bonds. The number of unbranched alkanes of at least 4 members (excludes halogenated alkanes) is 2. The topological polar surface area (TPSA) is 20.2 Å². The Morgan fingerprint density at radius 2 is 1.28 bits per heavy atom. The van der Waals surface area contributed by atoms with Crippen LogP contribution in [0.4, 0.5) is 0 Å². The Morgan fingerprint density at radius 1 is 0.828 bits per heavy atom. The summed E-state index contributed by atoms with van der Waals surface area (Å²) in [5.41, 5.74) is 5.41. The summed E-state index contributed by atoms with van der Waals surface area (Å²) in [5.74, 6) is 0. The van der Waals surface area contributed by atoms with E-state index in [1.807, 2.05) is 20.8 Å². The molecule has 0 aromatic heterocycles. The normalized spacial score (nSPS) is 11.8. The first kappa shape index (κ1) is 28.1. The number of hydrogen-bond donors (Lipinski definition) is 1. The molecule has 0 spiro atoms. The van der Waals surface area contributed by atoms with Gasteiger partial charge in [0, 0.05) is 26.5 Å². The molecule has 0 bridgehead atoms. The van der Waals surface area contributed by atoms with Gasteiger partial charge in [-0.05, 0) is 36.0 Å². The van der Waals surface area contributed by atoms with Gasteiger partial charge in [0.2, 0.25) is 0 Å². The zero-order valence-corrected chi connectivity index (χ0v) is 22.3. The predicted octanol–water partition coefficient (Wildman–Crippen LogP) is 7.29. The molecular formula is C27H41OW-. The van der Waals surface area contributed by atoms with Crippen LogP contribution in [0.25, 0.3) is 0 Å². The van der Waals surface area contributed by atoms with Crippen molar-refractivity contribution in [2.75, 3.05) is 0 Å². The van der Waals surface area contributed by atoms with Crippen LogP contribution in [-0.2, 0) is 39.3 Å². The van der Waals surface area contributed by atoms with Gasteiger partial charge in [-0.1, -0.05) is 102 Å². The summed E-state index contributed by atoms with van der Waals surface area (Å²) in [7, 11) is 0. The average Bonchev–Trinajstić information content (AvgIpc) is 2.74. The fraction of sp³-hybridized carbons (Fsp3) is 0.519. The molecule has 1 N–H and O–H groups in total. The Morgan fingerprint density at radius 3 is 1.69 bits per heavy atom. The van der Waals surface area contributed by atoms with Crippen LogP contribution in [0.3, 0.4) is 0 Å². The maximum absolute atomic E-state index is 9.74. The summed E-state index contributed by atoms with van der Waals surface area (Å²) in [5, 5.41) is 9.74. The molecule has 0 aliphatic rings. The number of benzene rings is 2. The number of hydrogen-bond acceptors (Lipinski definition) is 1. The van der Waals surface area contributed by atoms with Crippen molar-refractivity contribution in [3.05, 3.63) is 77.2 Å². The maximum Gasteiger partial charge on any atom is 0.0540 e. The van der Waals surface area contributed by atoms with Gasteiger partial charge in [-0.2, -0.15) is 12.8 Å². The third-order valence-electron chi connectivity index (χ3n) is 5.51. The van der Waals surface area contributed by atoms with Gasteiger partial charge in [-0.3, -0.25) is 0 Å². The first-order valence-electron chi connectivity index (χ1n) is 11.2. The summed E-state index contributed by atoms with van der Waals surface area (Å²) in [6, 6.07) is 18.1. The quantitative estimate of drug-likeness (QED) is 0.237. The zero-order chi connectivity index (χ0) is 21.0. The fourth-order valence-electron chi connectivity index (χ4n) is 3.35. The van der Waals surface area contributed by atoms with Crippen LogP contribution >= 0.6 is 0 Å². The summed E-state index contributed by atoms with van der Waals surface area (Å²) in [4.78, 5) is 0. The average molecular weight is 565 g/mol. The van der Waals surface area contributed by atoms with E-state index in [2.05, 4.69) is 75.7 Å². The second kappa shape index (κ2) is 15.0. The van der Waals surface area contributed by atoms with Crippen molar-refractivity contribution in [3.63, 3.8) is 0 Å². The first-order valence-corrected chi connectivity index (χ1v) is 11.2. The third kappa shape index (κ3) is 9.18. The Balaban J connectivity index is 0.00000253. The SMILES string of the molecule is CC.CC[CH-]CCc1ccc(C(C)(C)c2ccc(CCC(O)CC)cc2)cc1.[W]. The number of rotatable bonds is 10. The molecule has 1 nitrogen and oxygen atoms in total. The van der Waals surface area contributed by atoms with Crippen LogP contribution < -0.4 is 0 Å². The molecule has 0 saturated carbocycles. The molecule has 0 aliphatic carbocycles. The van der Waals surface area contributed by atoms with E-state index >= 15 is 0 Å². The van der Waals surface area contributed by atoms with Crippen LogP contribution in [0.2, 0.25) is 0 Å². The van der Waals surface area contributed by atoms with Gasteiger partial charge < -0.3 is 11.5 Å². The van der Waals surface area contributed by atoms with Crippen molar-refractivity contribution in [1.82, 2.24) is 0 Å². The van der Waals surface area contributed by atoms with Crippen LogP contribution in [-0.4, -0.2) is 11.2 Å². The monoisotopic (exact) mass is 565 g/mol. The van der Waals surface area contributed by atoms with Gasteiger partial charge in [-0.25, -0.2) is 0 Å². The summed E-state index contributed by atoms with van der Waals surface area (Å²) >= 11 is 0. The van der Waals surface area contributed by atoms with Crippen molar-refractivity contribution in [2.45, 2.75) is 91.6 Å². The largest absolute Gasteiger partial charge is 0.393 e. The van der Waals surface area contributed by atoms with Crippen LogP contribution in [0, 0.1) is 6.42 Å². The van der Waals surface area contributed by atoms with E-state index in [0.717, 1.165) is 38.5 Å². The maximum atomic E-state index is 9.74. The molecule has 0 fully saturated rings. The van der Waals surface area contributed by atoms with E-state index in [-0.39, 0.29) is 32.6 Å². The van der Waals surface area contributed by atoms with Gasteiger partial charge in [0.1, 0.15) is 0 Å². The second-order valence-corrected chi connectivity index (χ2v) is 7.86. The van der Waals surface area contributed by atoms with Crippen molar-refractivity contribution in [3.8, 4) is 0 Å². The van der Waals surface area contributed by atoms with Crippen molar-refractivity contribution >= 4 is 0 Å². The Bertz CT molecular complexity index is 643. The van der Waals surface area contributed by atoms with Crippen LogP contribution in [0.1, 0.15) is 89.5 Å². The minimum absolute atomic E-state index is 0. The van der Waals surface area contributed by atoms with Crippen LogP contribution in [0.5, 0.6) is 0 Å². The molecular weight excluding hydrogens is 524 g/mol. The molecule has 0 heterocycles. The Hall–Kier alpha value is -0.912. The molecule has 162 valence electrons. The minimum Gasteiger partial charge on any atom is -0.393 e. The molecule has 2 aromatic rings. The van der Waals surface area contributed by atoms with E-state index in [1.165, 1.54) is 22.3 Å². The molecule has 1 atom stereocenters. The second-order valence-electron chi connectivity index (χ2n) is 7.86. The number of aliphatic hydroxyl groups is 1. The fourth-order valence-corrected chi connectivity index (χ4v) is 3.35. The molecule has 0 radical (unpaired) electrons. The first-order chi connectivity index (χ1) is 13.5. The third-order valence-corrected chi connectivity index (χ3v) is 5.51. The molecule has 2 aromatic carbocycles. The van der Waals surface area contributed by atoms with Gasteiger partial charge >= 0.3 is 0 Å². The van der Waals surface area contributed by atoms with Crippen LogP contribution in [0.15, 0.2) is 48.5 Å². The summed E-state index contributed by atoms with van der Waals surface area (Å²) < 4.78 is 0. The molecule has 0 aliphatic heterocycles. The van der Waals surface area contributed by atoms with Crippen molar-refractivity contribution in [1.29, 1.82) is 0 Å². The Kier molecular flexibility index (Phi) is 14.5. The van der Waals surface area contributed by atoms with E-state index < -0.39 is 0 Å². The van der Waals surface area contributed by atoms with E-state index in [1.54, 1.807) is 0 Å². The van der Waals surface area contributed by atoms with Gasteiger partial charge in [0.05, 0.1) is 6.10 Å². The zero-order valence-electron chi connectivity index (χ0n) is 19.4. The summed E-state index contributed by atoms with van der Waals surface area (Å²) in [6.07, 6.45) is 8.23. The van der Waals surface area contributed by atoms with Crippen molar-refractivity contribution < 1.29 is 26.2 Å². The molecule has 2 heteroatoms. The molecule has 0 saturated heterocycles. The minimum atomic E-state index is -0.181. The molecule has 2 rings (SSSR count).